The fourth-order valence-corrected chi connectivity index (χ4v) is 2.00. The van der Waals surface area contributed by atoms with Crippen molar-refractivity contribution in [2.75, 3.05) is 13.2 Å². The first-order valence-corrected chi connectivity index (χ1v) is 5.01. The monoisotopic (exact) mass is 183 g/mol. The fraction of sp³-hybridized carbons (Fsp3) is 0.800. The average Bonchev–Trinajstić information content (AvgIpc) is 3.02. The Morgan fingerprint density at radius 1 is 1.62 bits per heavy atom. The summed E-state index contributed by atoms with van der Waals surface area (Å²) >= 11 is 0. The smallest absolute Gasteiger partial charge is 0.104 e. The van der Waals surface area contributed by atoms with E-state index >= 15 is 0 Å². The molecule has 3 nitrogen and oxygen atoms in total. The van der Waals surface area contributed by atoms with Crippen LogP contribution in [0.15, 0.2) is 11.8 Å². The van der Waals surface area contributed by atoms with Gasteiger partial charge in [-0.25, -0.2) is 0 Å². The number of aliphatic hydroxyl groups is 1. The van der Waals surface area contributed by atoms with Gasteiger partial charge in [-0.3, -0.25) is 0 Å². The Morgan fingerprint density at radius 2 is 2.38 bits per heavy atom. The lowest BCUT2D eigenvalue weighted by molar-refractivity contribution is 0.0492. The van der Waals surface area contributed by atoms with Crippen LogP contribution in [0.3, 0.4) is 0 Å². The summed E-state index contributed by atoms with van der Waals surface area (Å²) in [7, 11) is 0. The predicted octanol–water partition coefficient (Wildman–Crippen LogP) is 0.780. The molecule has 0 spiro atoms. The minimum Gasteiger partial charge on any atom is -0.501 e. The summed E-state index contributed by atoms with van der Waals surface area (Å²) in [6.07, 6.45) is 5.86. The quantitative estimate of drug-likeness (QED) is 0.680. The molecule has 74 valence electrons. The van der Waals surface area contributed by atoms with Crippen LogP contribution in [-0.4, -0.2) is 23.9 Å². The Kier molecular flexibility index (Phi) is 2.30. The van der Waals surface area contributed by atoms with Crippen molar-refractivity contribution in [3.63, 3.8) is 0 Å². The van der Waals surface area contributed by atoms with Crippen LogP contribution in [0, 0.1) is 5.92 Å². The van der Waals surface area contributed by atoms with Crippen molar-refractivity contribution >= 4 is 0 Å². The Morgan fingerprint density at radius 3 is 2.85 bits per heavy atom. The number of nitrogens with two attached hydrogens (primary N) is 1. The zero-order valence-electron chi connectivity index (χ0n) is 7.83. The predicted molar refractivity (Wildman–Crippen MR) is 50.0 cm³/mol. The molecule has 1 heterocycles. The van der Waals surface area contributed by atoms with Gasteiger partial charge in [-0.2, -0.15) is 0 Å². The molecule has 3 N–H and O–H groups in total. The number of rotatable bonds is 3. The van der Waals surface area contributed by atoms with Crippen LogP contribution in [-0.2, 0) is 4.74 Å². The highest BCUT2D eigenvalue weighted by Crippen LogP contribution is 2.44. The number of ether oxygens (including phenoxy) is 1. The van der Waals surface area contributed by atoms with Gasteiger partial charge < -0.3 is 15.6 Å². The minimum atomic E-state index is -0.763. The Balaban J connectivity index is 2.13. The second kappa shape index (κ2) is 3.31. The molecule has 0 bridgehead atoms. The van der Waals surface area contributed by atoms with Gasteiger partial charge in [0.1, 0.15) is 5.60 Å². The first-order chi connectivity index (χ1) is 6.27. The molecule has 1 saturated carbocycles. The van der Waals surface area contributed by atoms with Gasteiger partial charge in [-0.1, -0.05) is 0 Å². The molecule has 1 aliphatic heterocycles. The highest BCUT2D eigenvalue weighted by molar-refractivity contribution is 5.21. The standard InChI is InChI=1S/C10H17NO2/c11-7-10(12,8-3-4-8)9-2-1-5-13-6-9/h6,8,12H,1-5,7,11H2. The van der Waals surface area contributed by atoms with Crippen LogP contribution in [0.25, 0.3) is 0 Å². The van der Waals surface area contributed by atoms with Crippen molar-refractivity contribution < 1.29 is 9.84 Å². The largest absolute Gasteiger partial charge is 0.501 e. The van der Waals surface area contributed by atoms with E-state index in [1.165, 1.54) is 0 Å². The van der Waals surface area contributed by atoms with E-state index in [0.29, 0.717) is 12.5 Å². The van der Waals surface area contributed by atoms with Gasteiger partial charge in [0.25, 0.3) is 0 Å². The fourth-order valence-electron chi connectivity index (χ4n) is 2.00. The van der Waals surface area contributed by atoms with Crippen LogP contribution in [0.5, 0.6) is 0 Å². The lowest BCUT2D eigenvalue weighted by Crippen LogP contribution is -2.42. The third-order valence-corrected chi connectivity index (χ3v) is 3.05. The molecular weight excluding hydrogens is 166 g/mol. The summed E-state index contributed by atoms with van der Waals surface area (Å²) in [5.41, 5.74) is 5.87. The molecule has 13 heavy (non-hydrogen) atoms. The van der Waals surface area contributed by atoms with E-state index in [1.54, 1.807) is 6.26 Å². The molecule has 0 aromatic heterocycles. The van der Waals surface area contributed by atoms with Crippen LogP contribution in [0.1, 0.15) is 25.7 Å². The van der Waals surface area contributed by atoms with E-state index < -0.39 is 5.60 Å². The van der Waals surface area contributed by atoms with E-state index in [9.17, 15) is 5.11 Å². The Bertz CT molecular complexity index is 223. The summed E-state index contributed by atoms with van der Waals surface area (Å²) in [6.45, 7) is 1.10. The van der Waals surface area contributed by atoms with Crippen molar-refractivity contribution in [1.82, 2.24) is 0 Å². The minimum absolute atomic E-state index is 0.326. The van der Waals surface area contributed by atoms with E-state index in [2.05, 4.69) is 0 Å². The van der Waals surface area contributed by atoms with Crippen molar-refractivity contribution in [1.29, 1.82) is 0 Å². The molecule has 0 amide bonds. The highest BCUT2D eigenvalue weighted by Gasteiger charge is 2.45. The molecule has 2 aliphatic rings. The zero-order valence-corrected chi connectivity index (χ0v) is 7.83. The van der Waals surface area contributed by atoms with Gasteiger partial charge in [-0.15, -0.1) is 0 Å². The number of hydrogen-bond donors (Lipinski definition) is 2. The molecule has 1 fully saturated rings. The molecule has 0 aromatic rings. The summed E-state index contributed by atoms with van der Waals surface area (Å²) in [4.78, 5) is 0. The second-order valence-corrected chi connectivity index (χ2v) is 4.02. The zero-order chi connectivity index (χ0) is 9.31. The van der Waals surface area contributed by atoms with Crippen LogP contribution in [0.4, 0.5) is 0 Å². The maximum atomic E-state index is 10.3. The summed E-state index contributed by atoms with van der Waals surface area (Å²) in [5, 5.41) is 10.3. The van der Waals surface area contributed by atoms with Crippen LogP contribution in [0.2, 0.25) is 0 Å². The highest BCUT2D eigenvalue weighted by atomic mass is 16.5. The van der Waals surface area contributed by atoms with Gasteiger partial charge in [0.2, 0.25) is 0 Å². The number of hydrogen-bond acceptors (Lipinski definition) is 3. The third kappa shape index (κ3) is 1.58. The molecule has 0 aromatic carbocycles. The molecule has 3 heteroatoms. The van der Waals surface area contributed by atoms with Crippen LogP contribution >= 0.6 is 0 Å². The van der Waals surface area contributed by atoms with Crippen molar-refractivity contribution in [3.8, 4) is 0 Å². The summed E-state index contributed by atoms with van der Waals surface area (Å²) in [6, 6.07) is 0. The van der Waals surface area contributed by atoms with Crippen molar-refractivity contribution in [3.05, 3.63) is 11.8 Å². The maximum Gasteiger partial charge on any atom is 0.104 e. The van der Waals surface area contributed by atoms with Gasteiger partial charge in [0.15, 0.2) is 0 Å². The van der Waals surface area contributed by atoms with E-state index in [4.69, 9.17) is 10.5 Å². The third-order valence-electron chi connectivity index (χ3n) is 3.05. The average molecular weight is 183 g/mol. The molecule has 1 aliphatic carbocycles. The first kappa shape index (κ1) is 9.03. The van der Waals surface area contributed by atoms with E-state index in [0.717, 1.165) is 37.9 Å². The van der Waals surface area contributed by atoms with Crippen molar-refractivity contribution in [2.45, 2.75) is 31.3 Å². The molecule has 1 unspecified atom stereocenters. The second-order valence-electron chi connectivity index (χ2n) is 4.02. The van der Waals surface area contributed by atoms with E-state index in [1.807, 2.05) is 0 Å². The first-order valence-electron chi connectivity index (χ1n) is 5.01. The lowest BCUT2D eigenvalue weighted by Gasteiger charge is -2.31. The van der Waals surface area contributed by atoms with Gasteiger partial charge in [0, 0.05) is 6.54 Å². The molecule has 2 rings (SSSR count). The van der Waals surface area contributed by atoms with E-state index in [-0.39, 0.29) is 0 Å². The van der Waals surface area contributed by atoms with Crippen molar-refractivity contribution in [2.24, 2.45) is 11.7 Å². The Labute approximate surface area is 78.6 Å². The molecule has 1 atom stereocenters. The Hall–Kier alpha value is -0.540. The van der Waals surface area contributed by atoms with Crippen LogP contribution < -0.4 is 5.73 Å². The van der Waals surface area contributed by atoms with Gasteiger partial charge in [-0.05, 0) is 37.2 Å². The summed E-state index contributed by atoms with van der Waals surface area (Å²) < 4.78 is 5.23. The molecular formula is C10H17NO2. The normalized spacial score (nSPS) is 27.4. The van der Waals surface area contributed by atoms with Gasteiger partial charge >= 0.3 is 0 Å². The maximum absolute atomic E-state index is 10.3. The molecule has 0 saturated heterocycles. The topological polar surface area (TPSA) is 55.5 Å². The molecule has 0 radical (unpaired) electrons. The van der Waals surface area contributed by atoms with Gasteiger partial charge in [0.05, 0.1) is 12.9 Å². The SMILES string of the molecule is NCC(O)(C1=COCCC1)C1CC1. The lowest BCUT2D eigenvalue weighted by atomic mass is 9.86. The summed E-state index contributed by atoms with van der Waals surface area (Å²) in [5.74, 6) is 0.380.